The first-order valence-electron chi connectivity index (χ1n) is 3.56. The molecule has 0 saturated heterocycles. The van der Waals surface area contributed by atoms with Gasteiger partial charge in [0.05, 0.1) is 5.92 Å². The molecule has 0 unspecified atom stereocenters. The van der Waals surface area contributed by atoms with Crippen LogP contribution in [-0.4, -0.2) is 11.6 Å². The van der Waals surface area contributed by atoms with Crippen molar-refractivity contribution in [3.63, 3.8) is 0 Å². The zero-order chi connectivity index (χ0) is 8.36. The topological polar surface area (TPSA) is 26.3 Å². The standard InChI is InChI=1S/C8H16O2.Li.H/c1-6(2)7(9)10-8(3,4)5;;/h6H,1-5H3;;/q;+1;-1. The molecule has 0 aromatic heterocycles. The van der Waals surface area contributed by atoms with Gasteiger partial charge < -0.3 is 6.16 Å². The van der Waals surface area contributed by atoms with E-state index in [0.717, 1.165) is 0 Å². The van der Waals surface area contributed by atoms with Crippen LogP contribution in [0, 0.1) is 5.92 Å². The number of ether oxygens (including phenoxy) is 1. The molecule has 0 radical (unpaired) electrons. The Hall–Kier alpha value is 0.0674. The van der Waals surface area contributed by atoms with Crippen molar-refractivity contribution in [3.8, 4) is 0 Å². The van der Waals surface area contributed by atoms with Crippen molar-refractivity contribution in [1.29, 1.82) is 0 Å². The molecule has 0 aliphatic carbocycles. The first-order chi connectivity index (χ1) is 4.33. The fourth-order valence-electron chi connectivity index (χ4n) is 0.420. The third-order valence-electron chi connectivity index (χ3n) is 0.878. The predicted molar refractivity (Wildman–Crippen MR) is 41.8 cm³/mol. The van der Waals surface area contributed by atoms with Crippen molar-refractivity contribution >= 4 is 5.97 Å². The van der Waals surface area contributed by atoms with Gasteiger partial charge in [0.15, 0.2) is 0 Å². The SMILES string of the molecule is CC(C)C(=O)OC(C)(C)C.[H-].[Li+]. The number of esters is 1. The van der Waals surface area contributed by atoms with E-state index in [1.165, 1.54) is 0 Å². The van der Waals surface area contributed by atoms with Crippen molar-refractivity contribution in [1.82, 2.24) is 0 Å². The molecule has 0 aliphatic heterocycles. The third kappa shape index (κ3) is 7.97. The molecule has 0 aromatic carbocycles. The van der Waals surface area contributed by atoms with E-state index in [0.29, 0.717) is 0 Å². The van der Waals surface area contributed by atoms with Crippen molar-refractivity contribution < 1.29 is 29.8 Å². The Balaban J connectivity index is -0.000000405. The molecule has 0 heterocycles. The van der Waals surface area contributed by atoms with Crippen LogP contribution >= 0.6 is 0 Å². The third-order valence-corrected chi connectivity index (χ3v) is 0.878. The Kier molecular flexibility index (Phi) is 6.01. The second kappa shape index (κ2) is 4.85. The fourth-order valence-corrected chi connectivity index (χ4v) is 0.420. The largest absolute Gasteiger partial charge is 1.00 e. The summed E-state index contributed by atoms with van der Waals surface area (Å²) in [4.78, 5) is 10.9. The van der Waals surface area contributed by atoms with Crippen molar-refractivity contribution in [2.45, 2.75) is 40.2 Å². The minimum Gasteiger partial charge on any atom is -1.00 e. The van der Waals surface area contributed by atoms with Gasteiger partial charge in [-0.1, -0.05) is 13.8 Å². The maximum absolute atomic E-state index is 10.9. The van der Waals surface area contributed by atoms with Gasteiger partial charge in [-0.05, 0) is 20.8 Å². The summed E-state index contributed by atoms with van der Waals surface area (Å²) in [6.45, 7) is 9.26. The monoisotopic (exact) mass is 152 g/mol. The van der Waals surface area contributed by atoms with Crippen LogP contribution in [-0.2, 0) is 9.53 Å². The minimum atomic E-state index is -0.346. The van der Waals surface area contributed by atoms with Gasteiger partial charge in [-0.25, -0.2) is 0 Å². The average Bonchev–Trinajstić information content (AvgIpc) is 1.60. The van der Waals surface area contributed by atoms with Gasteiger partial charge in [-0.15, -0.1) is 0 Å². The van der Waals surface area contributed by atoms with Gasteiger partial charge in [-0.2, -0.15) is 0 Å². The molecule has 62 valence electrons. The number of hydrogen-bond donors (Lipinski definition) is 0. The Labute approximate surface area is 82.4 Å². The van der Waals surface area contributed by atoms with Crippen molar-refractivity contribution in [2.24, 2.45) is 5.92 Å². The number of hydrogen-bond acceptors (Lipinski definition) is 2. The molecule has 0 amide bonds. The summed E-state index contributed by atoms with van der Waals surface area (Å²) in [5.74, 6) is -0.160. The van der Waals surface area contributed by atoms with E-state index in [1.54, 1.807) is 0 Å². The summed E-state index contributed by atoms with van der Waals surface area (Å²) in [5.41, 5.74) is -0.346. The van der Waals surface area contributed by atoms with Crippen molar-refractivity contribution in [2.75, 3.05) is 0 Å². The zero-order valence-corrected chi connectivity index (χ0v) is 8.39. The first kappa shape index (κ1) is 13.6. The van der Waals surface area contributed by atoms with Crippen LogP contribution in [0.2, 0.25) is 0 Å². The number of carbonyl (C=O) groups excluding carboxylic acids is 1. The smallest absolute Gasteiger partial charge is 1.00 e. The van der Waals surface area contributed by atoms with Crippen LogP contribution in [0.1, 0.15) is 36.0 Å². The fraction of sp³-hybridized carbons (Fsp3) is 0.875. The first-order valence-corrected chi connectivity index (χ1v) is 3.56. The van der Waals surface area contributed by atoms with Crippen LogP contribution in [0.15, 0.2) is 0 Å². The van der Waals surface area contributed by atoms with E-state index in [2.05, 4.69) is 0 Å². The quantitative estimate of drug-likeness (QED) is 0.359. The van der Waals surface area contributed by atoms with E-state index < -0.39 is 0 Å². The maximum atomic E-state index is 10.9. The summed E-state index contributed by atoms with van der Waals surface area (Å²) >= 11 is 0. The zero-order valence-electron chi connectivity index (χ0n) is 9.39. The molecule has 0 N–H and O–H groups in total. The van der Waals surface area contributed by atoms with Crippen molar-refractivity contribution in [3.05, 3.63) is 0 Å². The summed E-state index contributed by atoms with van der Waals surface area (Å²) in [6.07, 6.45) is 0. The molecule has 2 nitrogen and oxygen atoms in total. The molecule has 0 fully saturated rings. The normalized spacial score (nSPS) is 10.7. The average molecular weight is 152 g/mol. The Morgan fingerprint density at radius 1 is 1.36 bits per heavy atom. The Morgan fingerprint density at radius 3 is 1.82 bits per heavy atom. The van der Waals surface area contributed by atoms with E-state index in [9.17, 15) is 4.79 Å². The van der Waals surface area contributed by atoms with Gasteiger partial charge >= 0.3 is 24.8 Å². The molecule has 0 atom stereocenters. The molecule has 0 spiro atoms. The molecule has 3 heteroatoms. The second-order valence-electron chi connectivity index (χ2n) is 3.69. The van der Waals surface area contributed by atoms with Gasteiger partial charge in [0.1, 0.15) is 5.60 Å². The summed E-state index contributed by atoms with van der Waals surface area (Å²) in [7, 11) is 0. The van der Waals surface area contributed by atoms with Gasteiger partial charge in [0, 0.05) is 0 Å². The Morgan fingerprint density at radius 2 is 1.73 bits per heavy atom. The molecule has 0 aromatic rings. The molecule has 11 heavy (non-hydrogen) atoms. The van der Waals surface area contributed by atoms with Crippen LogP contribution < -0.4 is 18.9 Å². The summed E-state index contributed by atoms with van der Waals surface area (Å²) < 4.78 is 5.06. The van der Waals surface area contributed by atoms with Gasteiger partial charge in [0.25, 0.3) is 0 Å². The van der Waals surface area contributed by atoms with Crippen LogP contribution in [0.3, 0.4) is 0 Å². The summed E-state index contributed by atoms with van der Waals surface area (Å²) in [6, 6.07) is 0. The number of carbonyl (C=O) groups is 1. The van der Waals surface area contributed by atoms with Gasteiger partial charge in [-0.3, -0.25) is 4.79 Å². The van der Waals surface area contributed by atoms with Crippen LogP contribution in [0.5, 0.6) is 0 Å². The van der Waals surface area contributed by atoms with Gasteiger partial charge in [0.2, 0.25) is 0 Å². The van der Waals surface area contributed by atoms with E-state index in [1.807, 2.05) is 34.6 Å². The predicted octanol–water partition coefficient (Wildman–Crippen LogP) is -0.899. The molecular weight excluding hydrogens is 135 g/mol. The van der Waals surface area contributed by atoms with Crippen LogP contribution in [0.4, 0.5) is 0 Å². The van der Waals surface area contributed by atoms with Crippen LogP contribution in [0.25, 0.3) is 0 Å². The molecule has 0 saturated carbocycles. The molecule has 0 rings (SSSR count). The molecule has 0 aliphatic rings. The van der Waals surface area contributed by atoms with E-state index in [4.69, 9.17) is 4.74 Å². The second-order valence-corrected chi connectivity index (χ2v) is 3.69. The number of rotatable bonds is 1. The van der Waals surface area contributed by atoms with E-state index >= 15 is 0 Å². The molecule has 0 bridgehead atoms. The maximum Gasteiger partial charge on any atom is 1.00 e. The Bertz CT molecular complexity index is 130. The van der Waals surface area contributed by atoms with E-state index in [-0.39, 0.29) is 37.8 Å². The molecular formula is C8H17LiO2. The minimum absolute atomic E-state index is 0. The summed E-state index contributed by atoms with van der Waals surface area (Å²) in [5, 5.41) is 0.